The Labute approximate surface area is 103 Å². The lowest BCUT2D eigenvalue weighted by Gasteiger charge is -2.24. The lowest BCUT2D eigenvalue weighted by atomic mass is 10.0. The van der Waals surface area contributed by atoms with Gasteiger partial charge in [0.2, 0.25) is 0 Å². The molecule has 16 heavy (non-hydrogen) atoms. The predicted octanol–water partition coefficient (Wildman–Crippen LogP) is 2.91. The second-order valence-electron chi connectivity index (χ2n) is 4.78. The van der Waals surface area contributed by atoms with Crippen LogP contribution in [0.15, 0.2) is 0 Å². The number of rotatable bonds is 5. The smallest absolute Gasteiger partial charge is 0.0863 e. The van der Waals surface area contributed by atoms with Gasteiger partial charge < -0.3 is 5.32 Å². The van der Waals surface area contributed by atoms with E-state index in [1.54, 1.807) is 0 Å². The van der Waals surface area contributed by atoms with Crippen LogP contribution in [0.2, 0.25) is 5.02 Å². The molecule has 1 aromatic rings. The van der Waals surface area contributed by atoms with Crippen molar-refractivity contribution in [2.24, 2.45) is 7.05 Å². The standard InChI is InChI=1S/C12H22ClN3/c1-6-9-11(13)10(16(5)15-9)8-14-12(3,4)7-2/h14H,6-8H2,1-5H3. The molecule has 3 nitrogen and oxygen atoms in total. The molecule has 0 spiro atoms. The van der Waals surface area contributed by atoms with E-state index in [9.17, 15) is 0 Å². The van der Waals surface area contributed by atoms with Gasteiger partial charge in [-0.3, -0.25) is 4.68 Å². The molecule has 1 heterocycles. The molecule has 4 heteroatoms. The van der Waals surface area contributed by atoms with E-state index >= 15 is 0 Å². The Morgan fingerprint density at radius 3 is 2.44 bits per heavy atom. The monoisotopic (exact) mass is 243 g/mol. The van der Waals surface area contributed by atoms with Gasteiger partial charge in [0.05, 0.1) is 16.4 Å². The van der Waals surface area contributed by atoms with E-state index in [-0.39, 0.29) is 5.54 Å². The Hall–Kier alpha value is -0.540. The number of hydrogen-bond acceptors (Lipinski definition) is 2. The molecule has 0 amide bonds. The summed E-state index contributed by atoms with van der Waals surface area (Å²) in [5.74, 6) is 0. The number of nitrogens with zero attached hydrogens (tertiary/aromatic N) is 2. The summed E-state index contributed by atoms with van der Waals surface area (Å²) in [4.78, 5) is 0. The van der Waals surface area contributed by atoms with Crippen LogP contribution in [-0.2, 0) is 20.0 Å². The van der Waals surface area contributed by atoms with Gasteiger partial charge in [0.1, 0.15) is 0 Å². The number of aryl methyl sites for hydroxylation is 2. The van der Waals surface area contributed by atoms with Gasteiger partial charge in [-0.25, -0.2) is 0 Å². The van der Waals surface area contributed by atoms with Crippen molar-refractivity contribution in [3.8, 4) is 0 Å². The highest BCUT2D eigenvalue weighted by molar-refractivity contribution is 6.31. The van der Waals surface area contributed by atoms with Gasteiger partial charge in [-0.05, 0) is 26.7 Å². The minimum atomic E-state index is 0.139. The van der Waals surface area contributed by atoms with E-state index in [0.29, 0.717) is 0 Å². The zero-order valence-corrected chi connectivity index (χ0v) is 11.6. The molecule has 0 aliphatic heterocycles. The van der Waals surface area contributed by atoms with Crippen molar-refractivity contribution >= 4 is 11.6 Å². The van der Waals surface area contributed by atoms with Gasteiger partial charge in [-0.15, -0.1) is 0 Å². The fourth-order valence-corrected chi connectivity index (χ4v) is 1.82. The fraction of sp³-hybridized carbons (Fsp3) is 0.750. The Morgan fingerprint density at radius 2 is 2.00 bits per heavy atom. The molecule has 92 valence electrons. The van der Waals surface area contributed by atoms with E-state index in [4.69, 9.17) is 11.6 Å². The Balaban J connectivity index is 2.78. The molecule has 0 aliphatic carbocycles. The molecule has 0 bridgehead atoms. The Morgan fingerprint density at radius 1 is 1.38 bits per heavy atom. The summed E-state index contributed by atoms with van der Waals surface area (Å²) in [7, 11) is 1.95. The molecule has 0 atom stereocenters. The zero-order chi connectivity index (χ0) is 12.3. The molecule has 0 saturated heterocycles. The topological polar surface area (TPSA) is 29.9 Å². The minimum absolute atomic E-state index is 0.139. The third kappa shape index (κ3) is 2.98. The van der Waals surface area contributed by atoms with E-state index < -0.39 is 0 Å². The first-order valence-corrected chi connectivity index (χ1v) is 6.24. The van der Waals surface area contributed by atoms with Crippen molar-refractivity contribution in [3.05, 3.63) is 16.4 Å². The SMILES string of the molecule is CCc1nn(C)c(CNC(C)(C)CC)c1Cl. The molecule has 0 aliphatic rings. The fourth-order valence-electron chi connectivity index (χ4n) is 1.46. The summed E-state index contributed by atoms with van der Waals surface area (Å²) >= 11 is 6.28. The summed E-state index contributed by atoms with van der Waals surface area (Å²) in [6.07, 6.45) is 1.97. The van der Waals surface area contributed by atoms with Gasteiger partial charge in [-0.2, -0.15) is 5.10 Å². The molecule has 0 fully saturated rings. The van der Waals surface area contributed by atoms with Gasteiger partial charge in [0.25, 0.3) is 0 Å². The lowest BCUT2D eigenvalue weighted by molar-refractivity contribution is 0.369. The van der Waals surface area contributed by atoms with Crippen LogP contribution >= 0.6 is 11.6 Å². The van der Waals surface area contributed by atoms with Crippen molar-refractivity contribution in [1.82, 2.24) is 15.1 Å². The summed E-state index contributed by atoms with van der Waals surface area (Å²) in [6, 6.07) is 0. The van der Waals surface area contributed by atoms with Crippen molar-refractivity contribution in [3.63, 3.8) is 0 Å². The summed E-state index contributed by atoms with van der Waals surface area (Å²) in [6.45, 7) is 9.40. The highest BCUT2D eigenvalue weighted by Gasteiger charge is 2.17. The molecular weight excluding hydrogens is 222 g/mol. The number of halogens is 1. The Kier molecular flexibility index (Phi) is 4.39. The van der Waals surface area contributed by atoms with Crippen molar-refractivity contribution in [2.45, 2.75) is 52.6 Å². The van der Waals surface area contributed by atoms with E-state index in [1.165, 1.54) is 0 Å². The van der Waals surface area contributed by atoms with Crippen molar-refractivity contribution in [2.75, 3.05) is 0 Å². The maximum atomic E-state index is 6.28. The molecule has 1 N–H and O–H groups in total. The van der Waals surface area contributed by atoms with Gasteiger partial charge in [0.15, 0.2) is 0 Å². The van der Waals surface area contributed by atoms with Crippen molar-refractivity contribution < 1.29 is 0 Å². The van der Waals surface area contributed by atoms with Crippen LogP contribution in [0.4, 0.5) is 0 Å². The number of nitrogens with one attached hydrogen (secondary N) is 1. The molecular formula is C12H22ClN3. The largest absolute Gasteiger partial charge is 0.306 e. The molecule has 1 rings (SSSR count). The van der Waals surface area contributed by atoms with Crippen LogP contribution < -0.4 is 5.32 Å². The molecule has 0 aromatic carbocycles. The van der Waals surface area contributed by atoms with E-state index in [1.807, 2.05) is 11.7 Å². The van der Waals surface area contributed by atoms with Crippen LogP contribution in [-0.4, -0.2) is 15.3 Å². The maximum absolute atomic E-state index is 6.28. The van der Waals surface area contributed by atoms with Crippen LogP contribution in [0.25, 0.3) is 0 Å². The maximum Gasteiger partial charge on any atom is 0.0863 e. The first-order valence-electron chi connectivity index (χ1n) is 5.86. The minimum Gasteiger partial charge on any atom is -0.306 e. The van der Waals surface area contributed by atoms with Crippen molar-refractivity contribution in [1.29, 1.82) is 0 Å². The molecule has 1 aromatic heterocycles. The first kappa shape index (κ1) is 13.5. The number of aromatic nitrogens is 2. The van der Waals surface area contributed by atoms with Crippen LogP contribution in [0.3, 0.4) is 0 Å². The zero-order valence-electron chi connectivity index (χ0n) is 10.9. The van der Waals surface area contributed by atoms with E-state index in [0.717, 1.165) is 35.8 Å². The third-order valence-electron chi connectivity index (χ3n) is 3.12. The van der Waals surface area contributed by atoms with Gasteiger partial charge in [-0.1, -0.05) is 25.4 Å². The second kappa shape index (κ2) is 5.19. The van der Waals surface area contributed by atoms with Crippen LogP contribution in [0, 0.1) is 0 Å². The van der Waals surface area contributed by atoms with Crippen LogP contribution in [0.5, 0.6) is 0 Å². The normalized spacial score (nSPS) is 12.1. The third-order valence-corrected chi connectivity index (χ3v) is 3.56. The van der Waals surface area contributed by atoms with Crippen LogP contribution in [0.1, 0.15) is 45.5 Å². The second-order valence-corrected chi connectivity index (χ2v) is 5.15. The Bertz CT molecular complexity index is 355. The summed E-state index contributed by atoms with van der Waals surface area (Å²) in [5, 5.41) is 8.71. The predicted molar refractivity (Wildman–Crippen MR) is 68.8 cm³/mol. The van der Waals surface area contributed by atoms with Gasteiger partial charge >= 0.3 is 0 Å². The highest BCUT2D eigenvalue weighted by atomic mass is 35.5. The number of hydrogen-bond donors (Lipinski definition) is 1. The molecule has 0 saturated carbocycles. The molecule has 0 unspecified atom stereocenters. The average molecular weight is 244 g/mol. The van der Waals surface area contributed by atoms with Gasteiger partial charge in [0, 0.05) is 19.1 Å². The quantitative estimate of drug-likeness (QED) is 0.862. The first-order chi connectivity index (χ1) is 7.41. The average Bonchev–Trinajstić information content (AvgIpc) is 2.51. The molecule has 0 radical (unpaired) electrons. The van der Waals surface area contributed by atoms with E-state index in [2.05, 4.69) is 38.1 Å². The lowest BCUT2D eigenvalue weighted by Crippen LogP contribution is -2.38. The summed E-state index contributed by atoms with van der Waals surface area (Å²) in [5.41, 5.74) is 2.19. The summed E-state index contributed by atoms with van der Waals surface area (Å²) < 4.78 is 1.87. The highest BCUT2D eigenvalue weighted by Crippen LogP contribution is 2.21.